The van der Waals surface area contributed by atoms with Gasteiger partial charge in [-0.05, 0) is 43.0 Å². The number of hydrogen-bond donors (Lipinski definition) is 0. The predicted molar refractivity (Wildman–Crippen MR) is 91.5 cm³/mol. The van der Waals surface area contributed by atoms with Crippen LogP contribution in [0.2, 0.25) is 0 Å². The molecule has 0 saturated carbocycles. The molecule has 2 aromatic carbocycles. The van der Waals surface area contributed by atoms with E-state index in [4.69, 9.17) is 14.2 Å². The van der Waals surface area contributed by atoms with Crippen LogP contribution in [0, 0.1) is 19.8 Å². The van der Waals surface area contributed by atoms with Crippen LogP contribution in [0.5, 0.6) is 11.5 Å². The van der Waals surface area contributed by atoms with Crippen molar-refractivity contribution in [3.63, 3.8) is 0 Å². The summed E-state index contributed by atoms with van der Waals surface area (Å²) < 4.78 is 16.7. The first-order valence-corrected chi connectivity index (χ1v) is 8.21. The zero-order chi connectivity index (χ0) is 16.9. The average molecular weight is 326 g/mol. The molecule has 0 N–H and O–H groups in total. The molecule has 0 fully saturated rings. The molecule has 1 aliphatic rings. The second-order valence-corrected chi connectivity index (χ2v) is 6.06. The Labute approximate surface area is 142 Å². The minimum Gasteiger partial charge on any atom is -0.492 e. The van der Waals surface area contributed by atoms with E-state index in [0.717, 1.165) is 28.2 Å². The lowest BCUT2D eigenvalue weighted by Gasteiger charge is -2.23. The normalized spacial score (nSPS) is 16.0. The van der Waals surface area contributed by atoms with Crippen molar-refractivity contribution in [2.75, 3.05) is 19.8 Å². The summed E-state index contributed by atoms with van der Waals surface area (Å²) in [5.74, 6) is 1.25. The van der Waals surface area contributed by atoms with E-state index in [2.05, 4.69) is 0 Å². The summed E-state index contributed by atoms with van der Waals surface area (Å²) in [6.45, 7) is 4.97. The molecule has 0 bridgehead atoms. The molecule has 0 amide bonds. The maximum absolute atomic E-state index is 12.2. The standard InChI is InChI=1S/C20H22O4/c1-14-6-5-7-15(2)19(14)22-10-11-23-20(21)17-12-16-8-3-4-9-18(16)24-13-17/h3-9,17H,10-13H2,1-2H3. The molecular weight excluding hydrogens is 304 g/mol. The van der Waals surface area contributed by atoms with Gasteiger partial charge in [0.15, 0.2) is 0 Å². The number of aryl methyl sites for hydroxylation is 2. The van der Waals surface area contributed by atoms with E-state index in [1.165, 1.54) is 0 Å². The van der Waals surface area contributed by atoms with Gasteiger partial charge in [-0.25, -0.2) is 0 Å². The molecular formula is C20H22O4. The first kappa shape index (κ1) is 16.4. The first-order chi connectivity index (χ1) is 11.6. The average Bonchev–Trinajstić information content (AvgIpc) is 2.60. The molecule has 4 nitrogen and oxygen atoms in total. The van der Waals surface area contributed by atoms with Crippen LogP contribution in [-0.2, 0) is 16.0 Å². The monoisotopic (exact) mass is 326 g/mol. The highest BCUT2D eigenvalue weighted by molar-refractivity contribution is 5.73. The summed E-state index contributed by atoms with van der Waals surface area (Å²) in [6.07, 6.45) is 0.659. The first-order valence-electron chi connectivity index (χ1n) is 8.21. The van der Waals surface area contributed by atoms with Crippen LogP contribution in [-0.4, -0.2) is 25.8 Å². The van der Waals surface area contributed by atoms with Gasteiger partial charge < -0.3 is 14.2 Å². The fourth-order valence-corrected chi connectivity index (χ4v) is 2.91. The Kier molecular flexibility index (Phi) is 5.04. The van der Waals surface area contributed by atoms with Gasteiger partial charge in [0.05, 0.1) is 5.92 Å². The van der Waals surface area contributed by atoms with E-state index >= 15 is 0 Å². The Morgan fingerprint density at radius 3 is 2.62 bits per heavy atom. The minimum absolute atomic E-state index is 0.227. The molecule has 126 valence electrons. The lowest BCUT2D eigenvalue weighted by molar-refractivity contribution is -0.150. The van der Waals surface area contributed by atoms with Gasteiger partial charge >= 0.3 is 5.97 Å². The van der Waals surface area contributed by atoms with Gasteiger partial charge in [-0.15, -0.1) is 0 Å². The number of esters is 1. The maximum atomic E-state index is 12.2. The zero-order valence-electron chi connectivity index (χ0n) is 14.1. The third-order valence-electron chi connectivity index (χ3n) is 4.20. The van der Waals surface area contributed by atoms with Crippen molar-refractivity contribution in [1.29, 1.82) is 0 Å². The molecule has 1 atom stereocenters. The molecule has 0 radical (unpaired) electrons. The van der Waals surface area contributed by atoms with Crippen LogP contribution in [0.1, 0.15) is 16.7 Å². The van der Waals surface area contributed by atoms with Crippen molar-refractivity contribution in [3.8, 4) is 11.5 Å². The zero-order valence-corrected chi connectivity index (χ0v) is 14.1. The number of fused-ring (bicyclic) bond motifs is 1. The van der Waals surface area contributed by atoms with Crippen molar-refractivity contribution in [2.24, 2.45) is 5.92 Å². The highest BCUT2D eigenvalue weighted by Crippen LogP contribution is 2.27. The molecule has 24 heavy (non-hydrogen) atoms. The van der Waals surface area contributed by atoms with E-state index in [1.54, 1.807) is 0 Å². The lowest BCUT2D eigenvalue weighted by Crippen LogP contribution is -2.30. The molecule has 1 unspecified atom stereocenters. The quantitative estimate of drug-likeness (QED) is 0.623. The molecule has 2 aromatic rings. The molecule has 0 aromatic heterocycles. The van der Waals surface area contributed by atoms with Crippen LogP contribution in [0.3, 0.4) is 0 Å². The van der Waals surface area contributed by atoms with E-state index < -0.39 is 0 Å². The molecule has 1 aliphatic heterocycles. The van der Waals surface area contributed by atoms with E-state index in [0.29, 0.717) is 19.6 Å². The van der Waals surface area contributed by atoms with Gasteiger partial charge in [-0.2, -0.15) is 0 Å². The summed E-state index contributed by atoms with van der Waals surface area (Å²) in [5.41, 5.74) is 3.22. The third-order valence-corrected chi connectivity index (χ3v) is 4.20. The molecule has 0 spiro atoms. The van der Waals surface area contributed by atoms with E-state index in [-0.39, 0.29) is 18.5 Å². The van der Waals surface area contributed by atoms with Crippen molar-refractivity contribution >= 4 is 5.97 Å². The van der Waals surface area contributed by atoms with Crippen LogP contribution in [0.25, 0.3) is 0 Å². The summed E-state index contributed by atoms with van der Waals surface area (Å²) in [5, 5.41) is 0. The number of carbonyl (C=O) groups is 1. The number of para-hydroxylation sites is 2. The maximum Gasteiger partial charge on any atom is 0.312 e. The van der Waals surface area contributed by atoms with Crippen LogP contribution >= 0.6 is 0 Å². The van der Waals surface area contributed by atoms with E-state index in [9.17, 15) is 4.79 Å². The SMILES string of the molecule is Cc1cccc(C)c1OCCOC(=O)C1COc2ccccc2C1. The molecule has 0 aliphatic carbocycles. The Balaban J connectivity index is 1.47. The Hall–Kier alpha value is -2.49. The van der Waals surface area contributed by atoms with Crippen molar-refractivity contribution < 1.29 is 19.0 Å². The van der Waals surface area contributed by atoms with Gasteiger partial charge in [0.25, 0.3) is 0 Å². The summed E-state index contributed by atoms with van der Waals surface area (Å²) in [4.78, 5) is 12.2. The van der Waals surface area contributed by atoms with Gasteiger partial charge in [-0.3, -0.25) is 4.79 Å². The largest absolute Gasteiger partial charge is 0.492 e. The van der Waals surface area contributed by atoms with Crippen molar-refractivity contribution in [3.05, 3.63) is 59.2 Å². The van der Waals surface area contributed by atoms with Gasteiger partial charge in [-0.1, -0.05) is 36.4 Å². The Morgan fingerprint density at radius 1 is 1.08 bits per heavy atom. The van der Waals surface area contributed by atoms with Crippen LogP contribution in [0.15, 0.2) is 42.5 Å². The Morgan fingerprint density at radius 2 is 1.83 bits per heavy atom. The lowest BCUT2D eigenvalue weighted by atomic mass is 9.97. The number of rotatable bonds is 5. The molecule has 3 rings (SSSR count). The number of hydrogen-bond acceptors (Lipinski definition) is 4. The highest BCUT2D eigenvalue weighted by atomic mass is 16.6. The molecule has 1 heterocycles. The Bertz CT molecular complexity index is 703. The number of ether oxygens (including phenoxy) is 3. The van der Waals surface area contributed by atoms with Crippen LogP contribution < -0.4 is 9.47 Å². The highest BCUT2D eigenvalue weighted by Gasteiger charge is 2.26. The number of carbonyl (C=O) groups excluding carboxylic acids is 1. The molecule has 4 heteroatoms. The topological polar surface area (TPSA) is 44.8 Å². The summed E-state index contributed by atoms with van der Waals surface area (Å²) in [7, 11) is 0. The van der Waals surface area contributed by atoms with Gasteiger partial charge in [0.2, 0.25) is 0 Å². The third kappa shape index (κ3) is 3.70. The van der Waals surface area contributed by atoms with Crippen molar-refractivity contribution in [1.82, 2.24) is 0 Å². The smallest absolute Gasteiger partial charge is 0.312 e. The van der Waals surface area contributed by atoms with Gasteiger partial charge in [0.1, 0.15) is 31.3 Å². The second-order valence-electron chi connectivity index (χ2n) is 6.06. The fraction of sp³-hybridized carbons (Fsp3) is 0.350. The van der Waals surface area contributed by atoms with Crippen molar-refractivity contribution in [2.45, 2.75) is 20.3 Å². The number of benzene rings is 2. The van der Waals surface area contributed by atoms with Crippen LogP contribution in [0.4, 0.5) is 0 Å². The second kappa shape index (κ2) is 7.39. The molecule has 0 saturated heterocycles. The summed E-state index contributed by atoms with van der Waals surface area (Å²) >= 11 is 0. The fourth-order valence-electron chi connectivity index (χ4n) is 2.91. The minimum atomic E-state index is -0.250. The predicted octanol–water partition coefficient (Wildman–Crippen LogP) is 3.48. The summed E-state index contributed by atoms with van der Waals surface area (Å²) in [6, 6.07) is 13.8. The van der Waals surface area contributed by atoms with E-state index in [1.807, 2.05) is 56.3 Å². The van der Waals surface area contributed by atoms with Gasteiger partial charge in [0, 0.05) is 0 Å².